The number of nitrogens with one attached hydrogen (secondary N) is 1. The molecule has 0 fully saturated rings. The molecule has 0 saturated carbocycles. The van der Waals surface area contributed by atoms with Crippen molar-refractivity contribution in [3.05, 3.63) is 48.0 Å². The van der Waals surface area contributed by atoms with Gasteiger partial charge in [0.15, 0.2) is 8.32 Å². The van der Waals surface area contributed by atoms with Crippen molar-refractivity contribution >= 4 is 14.2 Å². The van der Waals surface area contributed by atoms with E-state index in [4.69, 9.17) is 4.43 Å². The fraction of sp³-hybridized carbons (Fsp3) is 0.526. The molecule has 0 aliphatic carbocycles. The van der Waals surface area contributed by atoms with E-state index in [0.29, 0.717) is 0 Å². The molecule has 3 nitrogen and oxygen atoms in total. The molecule has 0 radical (unpaired) electrons. The first-order valence-electron chi connectivity index (χ1n) is 8.39. The van der Waals surface area contributed by atoms with Crippen LogP contribution in [-0.4, -0.2) is 20.3 Å². The molecule has 1 N–H and O–H groups in total. The van der Waals surface area contributed by atoms with Crippen molar-refractivity contribution in [1.29, 1.82) is 0 Å². The third kappa shape index (κ3) is 4.79. The van der Waals surface area contributed by atoms with Crippen LogP contribution in [0, 0.1) is 0 Å². The molecular formula is C19H29NO2Si. The molecule has 4 heteroatoms. The van der Waals surface area contributed by atoms with Gasteiger partial charge in [0.1, 0.15) is 0 Å². The summed E-state index contributed by atoms with van der Waals surface area (Å²) in [5.74, 6) is 0.000359. The van der Waals surface area contributed by atoms with Gasteiger partial charge in [0.2, 0.25) is 5.91 Å². The Morgan fingerprint density at radius 2 is 1.91 bits per heavy atom. The lowest BCUT2D eigenvalue weighted by Gasteiger charge is -2.40. The number of rotatable bonds is 5. The maximum absolute atomic E-state index is 11.6. The van der Waals surface area contributed by atoms with E-state index in [1.54, 1.807) is 6.08 Å². The normalized spacial score (nSPS) is 20.2. The fourth-order valence-corrected chi connectivity index (χ4v) is 3.81. The number of benzene rings is 1. The lowest BCUT2D eigenvalue weighted by atomic mass is 9.98. The number of carbonyl (C=O) groups excluding carboxylic acids is 1. The summed E-state index contributed by atoms with van der Waals surface area (Å²) in [6.07, 6.45) is 5.28. The zero-order chi connectivity index (χ0) is 17.1. The number of hydrogen-bond donors (Lipinski definition) is 1. The van der Waals surface area contributed by atoms with Gasteiger partial charge in [0.05, 0.1) is 6.10 Å². The molecule has 1 aromatic carbocycles. The third-order valence-corrected chi connectivity index (χ3v) is 9.44. The molecule has 2 atom stereocenters. The van der Waals surface area contributed by atoms with Crippen LogP contribution < -0.4 is 5.32 Å². The van der Waals surface area contributed by atoms with Crippen LogP contribution in [-0.2, 0) is 9.22 Å². The van der Waals surface area contributed by atoms with Crippen LogP contribution in [0.4, 0.5) is 0 Å². The Kier molecular flexibility index (Phi) is 5.47. The molecule has 2 rings (SSSR count). The maximum atomic E-state index is 11.6. The predicted octanol–water partition coefficient (Wildman–Crippen LogP) is 4.58. The average Bonchev–Trinajstić information content (AvgIpc) is 2.46. The maximum Gasteiger partial charge on any atom is 0.243 e. The van der Waals surface area contributed by atoms with E-state index in [1.807, 2.05) is 12.1 Å². The minimum absolute atomic E-state index is 0.000359. The molecule has 0 unspecified atom stereocenters. The van der Waals surface area contributed by atoms with Gasteiger partial charge in [-0.2, -0.15) is 0 Å². The highest BCUT2D eigenvalue weighted by atomic mass is 28.4. The summed E-state index contributed by atoms with van der Waals surface area (Å²) in [5, 5.41) is 3.21. The predicted molar refractivity (Wildman–Crippen MR) is 97.8 cm³/mol. The van der Waals surface area contributed by atoms with E-state index in [9.17, 15) is 4.79 Å². The van der Waals surface area contributed by atoms with Crippen LogP contribution in [0.15, 0.2) is 42.5 Å². The van der Waals surface area contributed by atoms with Crippen molar-refractivity contribution in [1.82, 2.24) is 5.32 Å². The van der Waals surface area contributed by atoms with E-state index in [1.165, 1.54) is 5.56 Å². The molecule has 1 aliphatic rings. The molecule has 0 bridgehead atoms. The molecule has 126 valence electrons. The number of amides is 1. The Balaban J connectivity index is 2.19. The third-order valence-electron chi connectivity index (χ3n) is 4.95. The summed E-state index contributed by atoms with van der Waals surface area (Å²) in [7, 11) is -1.88. The highest BCUT2D eigenvalue weighted by Crippen LogP contribution is 2.41. The van der Waals surface area contributed by atoms with Gasteiger partial charge >= 0.3 is 0 Å². The van der Waals surface area contributed by atoms with Crippen molar-refractivity contribution in [3.8, 4) is 0 Å². The Bertz CT molecular complexity index is 560. The first-order valence-corrected chi connectivity index (χ1v) is 11.3. The summed E-state index contributed by atoms with van der Waals surface area (Å²) >= 11 is 0. The molecule has 1 aromatic rings. The summed E-state index contributed by atoms with van der Waals surface area (Å²) < 4.78 is 6.69. The topological polar surface area (TPSA) is 38.3 Å². The molecule has 1 aliphatic heterocycles. The minimum Gasteiger partial charge on any atom is -0.410 e. The minimum atomic E-state index is -1.88. The Morgan fingerprint density at radius 3 is 2.48 bits per heavy atom. The van der Waals surface area contributed by atoms with E-state index in [-0.39, 0.29) is 23.1 Å². The highest BCUT2D eigenvalue weighted by Gasteiger charge is 2.40. The number of carbonyl (C=O) groups is 1. The van der Waals surface area contributed by atoms with Crippen molar-refractivity contribution in [2.24, 2.45) is 0 Å². The molecule has 0 aromatic heterocycles. The summed E-state index contributed by atoms with van der Waals surface area (Å²) in [5.41, 5.74) is 1.20. The van der Waals surface area contributed by atoms with Gasteiger partial charge in [-0.3, -0.25) is 4.79 Å². The van der Waals surface area contributed by atoms with E-state index in [2.05, 4.69) is 63.4 Å². The first-order chi connectivity index (χ1) is 10.7. The van der Waals surface area contributed by atoms with Crippen molar-refractivity contribution in [3.63, 3.8) is 0 Å². The first kappa shape index (κ1) is 18.0. The second-order valence-electron chi connectivity index (χ2n) is 7.86. The zero-order valence-corrected chi connectivity index (χ0v) is 15.9. The second-order valence-corrected chi connectivity index (χ2v) is 12.6. The number of hydrogen-bond acceptors (Lipinski definition) is 2. The van der Waals surface area contributed by atoms with Crippen molar-refractivity contribution < 1.29 is 9.22 Å². The summed E-state index contributed by atoms with van der Waals surface area (Å²) in [6.45, 7) is 11.3. The Hall–Kier alpha value is -1.39. The average molecular weight is 332 g/mol. The Morgan fingerprint density at radius 1 is 1.26 bits per heavy atom. The summed E-state index contributed by atoms with van der Waals surface area (Å²) in [6, 6.07) is 10.5. The summed E-state index contributed by atoms with van der Waals surface area (Å²) in [4.78, 5) is 11.6. The monoisotopic (exact) mass is 331 g/mol. The lowest BCUT2D eigenvalue weighted by Crippen LogP contribution is -2.44. The molecule has 1 amide bonds. The second kappa shape index (κ2) is 7.01. The van der Waals surface area contributed by atoms with Gasteiger partial charge < -0.3 is 9.74 Å². The van der Waals surface area contributed by atoms with Crippen LogP contribution in [0.2, 0.25) is 18.1 Å². The van der Waals surface area contributed by atoms with Crippen LogP contribution in [0.25, 0.3) is 0 Å². The van der Waals surface area contributed by atoms with Crippen LogP contribution in [0.5, 0.6) is 0 Å². The van der Waals surface area contributed by atoms with Gasteiger partial charge in [-0.05, 0) is 42.6 Å². The SMILES string of the molecule is CC(C)(C)[Si](C)(C)O[C@H](C[C@@H]1CC=CC(=O)N1)c1ccccc1. The van der Waals surface area contributed by atoms with E-state index in [0.717, 1.165) is 12.8 Å². The quantitative estimate of drug-likeness (QED) is 0.802. The molecular weight excluding hydrogens is 302 g/mol. The van der Waals surface area contributed by atoms with Gasteiger partial charge in [-0.15, -0.1) is 0 Å². The van der Waals surface area contributed by atoms with E-state index < -0.39 is 8.32 Å². The zero-order valence-electron chi connectivity index (χ0n) is 14.9. The van der Waals surface area contributed by atoms with Gasteiger partial charge in [0, 0.05) is 6.04 Å². The van der Waals surface area contributed by atoms with Gasteiger partial charge in [-0.25, -0.2) is 0 Å². The van der Waals surface area contributed by atoms with Crippen LogP contribution in [0.1, 0.15) is 45.3 Å². The Labute approximate surface area is 141 Å². The lowest BCUT2D eigenvalue weighted by molar-refractivity contribution is -0.117. The van der Waals surface area contributed by atoms with Crippen LogP contribution >= 0.6 is 0 Å². The fourth-order valence-electron chi connectivity index (χ4n) is 2.51. The van der Waals surface area contributed by atoms with Crippen molar-refractivity contribution in [2.75, 3.05) is 0 Å². The molecule has 23 heavy (non-hydrogen) atoms. The molecule has 1 heterocycles. The largest absolute Gasteiger partial charge is 0.410 e. The standard InChI is InChI=1S/C19H29NO2Si/c1-19(2,3)23(4,5)22-17(15-10-7-6-8-11-15)14-16-12-9-13-18(21)20-16/h6-11,13,16-17H,12,14H2,1-5H3,(H,20,21)/t16-,17+/m0/s1. The molecule has 0 spiro atoms. The smallest absolute Gasteiger partial charge is 0.243 e. The van der Waals surface area contributed by atoms with E-state index >= 15 is 0 Å². The van der Waals surface area contributed by atoms with Crippen molar-refractivity contribution in [2.45, 2.75) is 63.9 Å². The highest BCUT2D eigenvalue weighted by molar-refractivity contribution is 6.74. The van der Waals surface area contributed by atoms with Gasteiger partial charge in [0.25, 0.3) is 0 Å². The van der Waals surface area contributed by atoms with Crippen LogP contribution in [0.3, 0.4) is 0 Å². The molecule has 0 saturated heterocycles. The van der Waals surface area contributed by atoms with Gasteiger partial charge in [-0.1, -0.05) is 57.2 Å².